The number of halogens is 1. The topological polar surface area (TPSA) is 62.6 Å². The third-order valence-corrected chi connectivity index (χ3v) is 4.72. The van der Waals surface area contributed by atoms with E-state index in [-0.39, 0.29) is 24.9 Å². The number of carbonyl (C=O) groups is 2. The van der Waals surface area contributed by atoms with Crippen molar-refractivity contribution in [3.8, 4) is 0 Å². The molecule has 5 nitrogen and oxygen atoms in total. The SMILES string of the molecule is Cc1ccc(NC(=O)C[NH+](C)CC(=O)Nc2c(C)cccc2C)c(Br)c1. The maximum atomic E-state index is 12.3. The van der Waals surface area contributed by atoms with Crippen molar-refractivity contribution in [3.63, 3.8) is 0 Å². The zero-order valence-corrected chi connectivity index (χ0v) is 17.2. The highest BCUT2D eigenvalue weighted by molar-refractivity contribution is 9.10. The van der Waals surface area contributed by atoms with Gasteiger partial charge >= 0.3 is 0 Å². The molecule has 0 aliphatic heterocycles. The van der Waals surface area contributed by atoms with Gasteiger partial charge in [0.05, 0.1) is 12.7 Å². The zero-order valence-electron chi connectivity index (χ0n) is 15.6. The number of hydrogen-bond donors (Lipinski definition) is 3. The summed E-state index contributed by atoms with van der Waals surface area (Å²) in [5, 5.41) is 5.82. The minimum absolute atomic E-state index is 0.107. The van der Waals surface area contributed by atoms with Crippen molar-refractivity contribution in [2.24, 2.45) is 0 Å². The molecule has 0 saturated carbocycles. The summed E-state index contributed by atoms with van der Waals surface area (Å²) >= 11 is 3.45. The van der Waals surface area contributed by atoms with Gasteiger partial charge in [0.2, 0.25) is 0 Å². The Hall–Kier alpha value is -2.18. The maximum Gasteiger partial charge on any atom is 0.279 e. The molecule has 1 unspecified atom stereocenters. The predicted molar refractivity (Wildman–Crippen MR) is 109 cm³/mol. The molecule has 0 radical (unpaired) electrons. The number of carbonyl (C=O) groups excluding carboxylic acids is 2. The summed E-state index contributed by atoms with van der Waals surface area (Å²) in [7, 11) is 1.83. The monoisotopic (exact) mass is 418 g/mol. The largest absolute Gasteiger partial charge is 0.322 e. The number of rotatable bonds is 6. The lowest BCUT2D eigenvalue weighted by Gasteiger charge is -2.16. The highest BCUT2D eigenvalue weighted by atomic mass is 79.9. The second-order valence-electron chi connectivity index (χ2n) is 6.66. The number of para-hydroxylation sites is 1. The minimum Gasteiger partial charge on any atom is -0.322 e. The molecule has 1 atom stereocenters. The highest BCUT2D eigenvalue weighted by Crippen LogP contribution is 2.23. The van der Waals surface area contributed by atoms with E-state index in [1.165, 1.54) is 0 Å². The second kappa shape index (κ2) is 8.96. The van der Waals surface area contributed by atoms with E-state index < -0.39 is 0 Å². The number of amides is 2. The molecule has 0 aromatic heterocycles. The number of anilines is 2. The highest BCUT2D eigenvalue weighted by Gasteiger charge is 2.16. The molecule has 0 heterocycles. The van der Waals surface area contributed by atoms with Gasteiger partial charge in [-0.2, -0.15) is 0 Å². The molecule has 0 fully saturated rings. The molecule has 138 valence electrons. The fraction of sp³-hybridized carbons (Fsp3) is 0.300. The summed E-state index contributed by atoms with van der Waals surface area (Å²) in [5.74, 6) is -0.240. The molecule has 26 heavy (non-hydrogen) atoms. The Labute approximate surface area is 162 Å². The predicted octanol–water partition coefficient (Wildman–Crippen LogP) is 2.47. The zero-order chi connectivity index (χ0) is 19.3. The van der Waals surface area contributed by atoms with Crippen molar-refractivity contribution in [2.45, 2.75) is 20.8 Å². The van der Waals surface area contributed by atoms with Gasteiger partial charge in [-0.3, -0.25) is 9.59 Å². The van der Waals surface area contributed by atoms with E-state index in [2.05, 4.69) is 26.6 Å². The van der Waals surface area contributed by atoms with Crippen molar-refractivity contribution >= 4 is 39.1 Å². The molecular formula is C20H25BrN3O2+. The van der Waals surface area contributed by atoms with Gasteiger partial charge in [-0.25, -0.2) is 0 Å². The Morgan fingerprint density at radius 2 is 1.54 bits per heavy atom. The first-order valence-electron chi connectivity index (χ1n) is 8.49. The molecule has 0 spiro atoms. The number of aryl methyl sites for hydroxylation is 3. The lowest BCUT2D eigenvalue weighted by Crippen LogP contribution is -3.11. The number of quaternary nitrogens is 1. The van der Waals surface area contributed by atoms with Crippen molar-refractivity contribution in [1.82, 2.24) is 0 Å². The molecule has 3 N–H and O–H groups in total. The summed E-state index contributed by atoms with van der Waals surface area (Å²) in [6, 6.07) is 11.6. The van der Waals surface area contributed by atoms with Crippen LogP contribution in [-0.2, 0) is 9.59 Å². The van der Waals surface area contributed by atoms with Gasteiger partial charge in [-0.05, 0) is 65.5 Å². The van der Waals surface area contributed by atoms with Crippen LogP contribution in [-0.4, -0.2) is 32.0 Å². The fourth-order valence-corrected chi connectivity index (χ4v) is 3.31. The molecule has 2 aromatic carbocycles. The van der Waals surface area contributed by atoms with E-state index >= 15 is 0 Å². The van der Waals surface area contributed by atoms with E-state index in [1.807, 2.05) is 64.2 Å². The van der Waals surface area contributed by atoms with Gasteiger partial charge < -0.3 is 15.5 Å². The average molecular weight is 419 g/mol. The number of benzene rings is 2. The summed E-state index contributed by atoms with van der Waals surface area (Å²) in [6.45, 7) is 6.35. The summed E-state index contributed by atoms with van der Waals surface area (Å²) in [4.78, 5) is 25.3. The Kier molecular flexibility index (Phi) is 6.94. The van der Waals surface area contributed by atoms with Gasteiger partial charge in [-0.15, -0.1) is 0 Å². The van der Waals surface area contributed by atoms with Gasteiger partial charge in [0, 0.05) is 10.2 Å². The average Bonchev–Trinajstić information content (AvgIpc) is 2.53. The Balaban J connectivity index is 1.88. The van der Waals surface area contributed by atoms with E-state index in [0.29, 0.717) is 0 Å². The number of hydrogen-bond acceptors (Lipinski definition) is 2. The first kappa shape index (κ1) is 20.1. The van der Waals surface area contributed by atoms with Crippen LogP contribution in [0.5, 0.6) is 0 Å². The summed E-state index contributed by atoms with van der Waals surface area (Å²) in [6.07, 6.45) is 0. The smallest absolute Gasteiger partial charge is 0.279 e. The van der Waals surface area contributed by atoms with Crippen LogP contribution >= 0.6 is 15.9 Å². The maximum absolute atomic E-state index is 12.3. The Bertz CT molecular complexity index is 800. The van der Waals surface area contributed by atoms with Crippen molar-refractivity contribution < 1.29 is 14.5 Å². The van der Waals surface area contributed by atoms with Crippen LogP contribution in [0.1, 0.15) is 16.7 Å². The molecule has 2 amide bonds. The van der Waals surface area contributed by atoms with Gasteiger partial charge in [0.1, 0.15) is 0 Å². The first-order valence-corrected chi connectivity index (χ1v) is 9.29. The second-order valence-corrected chi connectivity index (χ2v) is 7.51. The number of likely N-dealkylation sites (N-methyl/N-ethyl adjacent to an activating group) is 1. The van der Waals surface area contributed by atoms with E-state index in [9.17, 15) is 9.59 Å². The minimum atomic E-state index is -0.132. The third-order valence-electron chi connectivity index (χ3n) is 4.07. The summed E-state index contributed by atoms with van der Waals surface area (Å²) < 4.78 is 0.844. The van der Waals surface area contributed by atoms with Crippen molar-refractivity contribution in [1.29, 1.82) is 0 Å². The van der Waals surface area contributed by atoms with E-state index in [0.717, 1.165) is 37.4 Å². The first-order chi connectivity index (χ1) is 12.3. The quantitative estimate of drug-likeness (QED) is 0.674. The van der Waals surface area contributed by atoms with E-state index in [4.69, 9.17) is 0 Å². The van der Waals surface area contributed by atoms with Crippen LogP contribution in [0.25, 0.3) is 0 Å². The van der Waals surface area contributed by atoms with Crippen LogP contribution in [0.15, 0.2) is 40.9 Å². The molecule has 0 saturated heterocycles. The van der Waals surface area contributed by atoms with Gasteiger partial charge in [0.15, 0.2) is 13.1 Å². The van der Waals surface area contributed by atoms with Gasteiger partial charge in [0.25, 0.3) is 11.8 Å². The van der Waals surface area contributed by atoms with Crippen LogP contribution < -0.4 is 15.5 Å². The molecule has 0 aliphatic rings. The van der Waals surface area contributed by atoms with Crippen molar-refractivity contribution in [3.05, 3.63) is 57.6 Å². The van der Waals surface area contributed by atoms with Crippen LogP contribution in [0.3, 0.4) is 0 Å². The lowest BCUT2D eigenvalue weighted by molar-refractivity contribution is -0.862. The lowest BCUT2D eigenvalue weighted by atomic mass is 10.1. The molecule has 0 bridgehead atoms. The molecule has 0 aliphatic carbocycles. The Morgan fingerprint density at radius 3 is 2.12 bits per heavy atom. The molecule has 6 heteroatoms. The Morgan fingerprint density at radius 1 is 0.962 bits per heavy atom. The molecule has 2 aromatic rings. The van der Waals surface area contributed by atoms with E-state index in [1.54, 1.807) is 0 Å². The summed E-state index contributed by atoms with van der Waals surface area (Å²) in [5.41, 5.74) is 4.74. The normalized spacial score (nSPS) is 11.7. The van der Waals surface area contributed by atoms with Gasteiger partial charge in [-0.1, -0.05) is 24.3 Å². The standard InChI is InChI=1S/C20H24BrN3O2/c1-13-8-9-17(16(21)10-13)22-18(25)11-24(4)12-19(26)23-20-14(2)6-5-7-15(20)3/h5-10H,11-12H2,1-4H3,(H,22,25)(H,23,26)/p+1. The van der Waals surface area contributed by atoms with Crippen molar-refractivity contribution in [2.75, 3.05) is 30.8 Å². The van der Waals surface area contributed by atoms with Crippen LogP contribution in [0.4, 0.5) is 11.4 Å². The molecule has 2 rings (SSSR count). The third kappa shape index (κ3) is 5.68. The fourth-order valence-electron chi connectivity index (χ4n) is 2.72. The van der Waals surface area contributed by atoms with Crippen LogP contribution in [0.2, 0.25) is 0 Å². The number of nitrogens with one attached hydrogen (secondary N) is 3. The van der Waals surface area contributed by atoms with Crippen LogP contribution in [0, 0.1) is 20.8 Å². The molecular weight excluding hydrogens is 394 g/mol.